The van der Waals surface area contributed by atoms with Gasteiger partial charge in [0.1, 0.15) is 0 Å². The van der Waals surface area contributed by atoms with Crippen molar-refractivity contribution in [3.63, 3.8) is 0 Å². The van der Waals surface area contributed by atoms with Gasteiger partial charge in [0.25, 0.3) is 0 Å². The van der Waals surface area contributed by atoms with Gasteiger partial charge in [-0.1, -0.05) is 24.6 Å². The predicted molar refractivity (Wildman–Crippen MR) is 123 cm³/mol. The van der Waals surface area contributed by atoms with E-state index in [1.165, 1.54) is 11.8 Å². The van der Waals surface area contributed by atoms with Crippen LogP contribution in [0.15, 0.2) is 65.7 Å². The lowest BCUT2D eigenvalue weighted by Gasteiger charge is -2.08. The molecule has 2 amide bonds. The third-order valence-electron chi connectivity index (χ3n) is 4.56. The molecule has 4 N–H and O–H groups in total. The molecule has 0 aliphatic rings. The lowest BCUT2D eigenvalue weighted by Crippen LogP contribution is -2.26. The number of thioether (sulfide) groups is 1. The van der Waals surface area contributed by atoms with Crippen molar-refractivity contribution in [2.45, 2.75) is 30.6 Å². The first-order chi connectivity index (χ1) is 14.6. The molecule has 0 unspecified atom stereocenters. The molecular formula is C23H26N4O2S. The summed E-state index contributed by atoms with van der Waals surface area (Å²) in [6.45, 7) is 0.621. The van der Waals surface area contributed by atoms with Crippen molar-refractivity contribution >= 4 is 45.9 Å². The second-order valence-corrected chi connectivity index (χ2v) is 8.00. The molecular weight excluding hydrogens is 396 g/mol. The van der Waals surface area contributed by atoms with E-state index in [2.05, 4.69) is 15.6 Å². The molecule has 0 aliphatic carbocycles. The van der Waals surface area contributed by atoms with Crippen molar-refractivity contribution in [3.05, 3.63) is 60.8 Å². The van der Waals surface area contributed by atoms with E-state index < -0.39 is 0 Å². The summed E-state index contributed by atoms with van der Waals surface area (Å²) in [7, 11) is 0. The van der Waals surface area contributed by atoms with E-state index in [9.17, 15) is 9.59 Å². The molecule has 7 heteroatoms. The number of aromatic nitrogens is 1. The number of hydrogen-bond acceptors (Lipinski definition) is 5. The summed E-state index contributed by atoms with van der Waals surface area (Å²) in [4.78, 5) is 29.5. The van der Waals surface area contributed by atoms with Gasteiger partial charge in [0.15, 0.2) is 0 Å². The molecule has 3 aromatic rings. The second kappa shape index (κ2) is 11.2. The van der Waals surface area contributed by atoms with Gasteiger partial charge in [-0.2, -0.15) is 0 Å². The first kappa shape index (κ1) is 21.6. The van der Waals surface area contributed by atoms with Gasteiger partial charge in [-0.05, 0) is 49.2 Å². The van der Waals surface area contributed by atoms with Gasteiger partial charge in [-0.3, -0.25) is 14.6 Å². The van der Waals surface area contributed by atoms with Crippen LogP contribution in [0, 0.1) is 0 Å². The fourth-order valence-electron chi connectivity index (χ4n) is 3.00. The minimum atomic E-state index is -0.0166. The number of anilines is 2. The third kappa shape index (κ3) is 6.77. The highest BCUT2D eigenvalue weighted by Gasteiger charge is 2.07. The minimum Gasteiger partial charge on any atom is -0.399 e. The summed E-state index contributed by atoms with van der Waals surface area (Å²) in [5, 5.41) is 6.87. The van der Waals surface area contributed by atoms with Crippen molar-refractivity contribution in [2.24, 2.45) is 0 Å². The van der Waals surface area contributed by atoms with Crippen LogP contribution in [0.5, 0.6) is 0 Å². The number of rotatable bonds is 10. The Hall–Kier alpha value is -3.06. The van der Waals surface area contributed by atoms with Crippen LogP contribution in [0.4, 0.5) is 11.4 Å². The number of benzene rings is 2. The van der Waals surface area contributed by atoms with Crippen LogP contribution in [0.3, 0.4) is 0 Å². The molecule has 1 heterocycles. The van der Waals surface area contributed by atoms with Crippen molar-refractivity contribution in [3.8, 4) is 0 Å². The molecule has 0 radical (unpaired) electrons. The summed E-state index contributed by atoms with van der Waals surface area (Å²) < 4.78 is 0. The van der Waals surface area contributed by atoms with E-state index in [0.717, 1.165) is 40.7 Å². The zero-order valence-electron chi connectivity index (χ0n) is 16.8. The largest absolute Gasteiger partial charge is 0.399 e. The molecule has 1 aromatic heterocycles. The fraction of sp³-hybridized carbons (Fsp3) is 0.261. The first-order valence-electron chi connectivity index (χ1n) is 10.0. The van der Waals surface area contributed by atoms with Crippen LogP contribution in [0.1, 0.15) is 25.7 Å². The Morgan fingerprint density at radius 1 is 0.933 bits per heavy atom. The maximum absolute atomic E-state index is 12.2. The third-order valence-corrected chi connectivity index (χ3v) is 5.57. The van der Waals surface area contributed by atoms with E-state index in [4.69, 9.17) is 5.73 Å². The van der Waals surface area contributed by atoms with Gasteiger partial charge < -0.3 is 16.4 Å². The second-order valence-electron chi connectivity index (χ2n) is 6.95. The monoisotopic (exact) mass is 422 g/mol. The van der Waals surface area contributed by atoms with Gasteiger partial charge >= 0.3 is 0 Å². The molecule has 0 bridgehead atoms. The Balaban J connectivity index is 1.28. The van der Waals surface area contributed by atoms with Crippen molar-refractivity contribution < 1.29 is 9.59 Å². The van der Waals surface area contributed by atoms with Crippen molar-refractivity contribution in [1.82, 2.24) is 10.3 Å². The van der Waals surface area contributed by atoms with E-state index in [0.29, 0.717) is 24.4 Å². The molecule has 6 nitrogen and oxygen atoms in total. The van der Waals surface area contributed by atoms with E-state index in [-0.39, 0.29) is 11.8 Å². The maximum atomic E-state index is 12.2. The summed E-state index contributed by atoms with van der Waals surface area (Å²) >= 11 is 1.49. The highest BCUT2D eigenvalue weighted by atomic mass is 32.2. The number of fused-ring (bicyclic) bond motifs is 1. The van der Waals surface area contributed by atoms with Crippen LogP contribution >= 0.6 is 11.8 Å². The molecule has 0 spiro atoms. The summed E-state index contributed by atoms with van der Waals surface area (Å²) in [5.41, 5.74) is 7.90. The van der Waals surface area contributed by atoms with Gasteiger partial charge in [0, 0.05) is 35.1 Å². The average Bonchev–Trinajstić information content (AvgIpc) is 2.76. The van der Waals surface area contributed by atoms with Gasteiger partial charge in [-0.15, -0.1) is 11.8 Å². The fourth-order valence-corrected chi connectivity index (χ4v) is 3.73. The zero-order chi connectivity index (χ0) is 21.2. The smallest absolute Gasteiger partial charge is 0.230 e. The number of amides is 2. The Morgan fingerprint density at radius 2 is 1.73 bits per heavy atom. The average molecular weight is 423 g/mol. The summed E-state index contributed by atoms with van der Waals surface area (Å²) in [6, 6.07) is 17.1. The lowest BCUT2D eigenvalue weighted by molar-refractivity contribution is -0.118. The van der Waals surface area contributed by atoms with E-state index in [1.54, 1.807) is 6.20 Å². The summed E-state index contributed by atoms with van der Waals surface area (Å²) in [5.74, 6) is 0.376. The number of hydrogen-bond donors (Lipinski definition) is 3. The topological polar surface area (TPSA) is 97.1 Å². The number of carbonyl (C=O) groups excluding carboxylic acids is 2. The molecule has 0 aliphatic heterocycles. The Bertz CT molecular complexity index is 987. The van der Waals surface area contributed by atoms with Crippen LogP contribution < -0.4 is 16.4 Å². The molecule has 30 heavy (non-hydrogen) atoms. The quantitative estimate of drug-likeness (QED) is 0.258. The van der Waals surface area contributed by atoms with Gasteiger partial charge in [-0.25, -0.2) is 0 Å². The number of nitrogen functional groups attached to an aromatic ring is 1. The Morgan fingerprint density at radius 3 is 2.57 bits per heavy atom. The van der Waals surface area contributed by atoms with Gasteiger partial charge in [0.05, 0.1) is 17.0 Å². The van der Waals surface area contributed by atoms with Crippen LogP contribution in [0.25, 0.3) is 10.9 Å². The predicted octanol–water partition coefficient (Wildman–Crippen LogP) is 4.22. The number of para-hydroxylation sites is 1. The van der Waals surface area contributed by atoms with E-state index >= 15 is 0 Å². The SMILES string of the molecule is Nc1ccc(SCC(=O)NCCCCCC(=O)Nc2cccc3cccnc23)cc1. The normalized spacial score (nSPS) is 10.7. The number of carbonyl (C=O) groups is 2. The molecule has 2 aromatic carbocycles. The Kier molecular flexibility index (Phi) is 8.09. The number of pyridine rings is 1. The maximum Gasteiger partial charge on any atom is 0.230 e. The minimum absolute atomic E-state index is 0.0121. The van der Waals surface area contributed by atoms with Crippen molar-refractivity contribution in [1.29, 1.82) is 0 Å². The number of nitrogens with one attached hydrogen (secondary N) is 2. The highest BCUT2D eigenvalue weighted by Crippen LogP contribution is 2.21. The lowest BCUT2D eigenvalue weighted by atomic mass is 10.1. The number of nitrogens with two attached hydrogens (primary N) is 1. The molecule has 156 valence electrons. The highest BCUT2D eigenvalue weighted by molar-refractivity contribution is 8.00. The van der Waals surface area contributed by atoms with Gasteiger partial charge in [0.2, 0.25) is 11.8 Å². The van der Waals surface area contributed by atoms with E-state index in [1.807, 2.05) is 54.6 Å². The number of unbranched alkanes of at least 4 members (excludes halogenated alkanes) is 2. The molecule has 0 fully saturated rings. The first-order valence-corrected chi connectivity index (χ1v) is 11.0. The number of nitrogens with zero attached hydrogens (tertiary/aromatic N) is 1. The molecule has 3 rings (SSSR count). The summed E-state index contributed by atoms with van der Waals surface area (Å²) in [6.07, 6.45) is 4.68. The van der Waals surface area contributed by atoms with Crippen molar-refractivity contribution in [2.75, 3.05) is 23.3 Å². The molecule has 0 atom stereocenters. The van der Waals surface area contributed by atoms with Crippen LogP contribution in [0.2, 0.25) is 0 Å². The van der Waals surface area contributed by atoms with Crippen LogP contribution in [-0.4, -0.2) is 29.1 Å². The molecule has 0 saturated heterocycles. The molecule has 0 saturated carbocycles. The van der Waals surface area contributed by atoms with Crippen LogP contribution in [-0.2, 0) is 9.59 Å². The Labute approximate surface area is 180 Å². The zero-order valence-corrected chi connectivity index (χ0v) is 17.6. The standard InChI is InChI=1S/C23H26N4O2S/c24-18-10-12-19(13-11-18)30-16-22(29)25-14-3-1-2-9-21(28)27-20-8-4-6-17-7-5-15-26-23(17)20/h4-8,10-13,15H,1-3,9,14,16,24H2,(H,25,29)(H,27,28).